The first-order valence-corrected chi connectivity index (χ1v) is 10.7. The summed E-state index contributed by atoms with van der Waals surface area (Å²) in [6.07, 6.45) is 0.659. The van der Waals surface area contributed by atoms with Gasteiger partial charge in [0.2, 0.25) is 0 Å². The molecular formula is C26H20FNO5. The number of benzene rings is 3. The van der Waals surface area contributed by atoms with Crippen LogP contribution < -0.4 is 14.2 Å². The van der Waals surface area contributed by atoms with Crippen molar-refractivity contribution in [2.45, 2.75) is 31.3 Å². The van der Waals surface area contributed by atoms with Gasteiger partial charge >= 0.3 is 5.97 Å². The second-order valence-corrected chi connectivity index (χ2v) is 8.10. The van der Waals surface area contributed by atoms with E-state index in [1.165, 1.54) is 6.07 Å². The van der Waals surface area contributed by atoms with Crippen LogP contribution in [0.15, 0.2) is 54.6 Å². The maximum Gasteiger partial charge on any atom is 0.304 e. The summed E-state index contributed by atoms with van der Waals surface area (Å²) in [4.78, 5) is 11.0. The van der Waals surface area contributed by atoms with Crippen LogP contribution in [0.5, 0.6) is 23.0 Å². The monoisotopic (exact) mass is 445 g/mol. The zero-order valence-corrected chi connectivity index (χ0v) is 17.6. The molecule has 166 valence electrons. The van der Waals surface area contributed by atoms with Crippen LogP contribution in [0.1, 0.15) is 47.1 Å². The molecule has 0 bridgehead atoms. The van der Waals surface area contributed by atoms with Crippen molar-refractivity contribution in [3.8, 4) is 29.1 Å². The van der Waals surface area contributed by atoms with Gasteiger partial charge in [0, 0.05) is 28.7 Å². The molecule has 0 aromatic heterocycles. The average molecular weight is 445 g/mol. The second kappa shape index (κ2) is 8.47. The van der Waals surface area contributed by atoms with E-state index in [1.54, 1.807) is 42.5 Å². The Balaban J connectivity index is 1.39. The molecule has 7 heteroatoms. The highest BCUT2D eigenvalue weighted by molar-refractivity contribution is 5.68. The number of fused-ring (bicyclic) bond motifs is 2. The number of carboxylic acid groups (broad SMARTS) is 1. The van der Waals surface area contributed by atoms with Gasteiger partial charge in [-0.1, -0.05) is 18.2 Å². The molecule has 6 nitrogen and oxygen atoms in total. The summed E-state index contributed by atoms with van der Waals surface area (Å²) in [7, 11) is 0. The molecule has 3 aromatic carbocycles. The number of ether oxygens (including phenoxy) is 3. The van der Waals surface area contributed by atoms with E-state index < -0.39 is 12.1 Å². The lowest BCUT2D eigenvalue weighted by Gasteiger charge is -2.17. The fourth-order valence-corrected chi connectivity index (χ4v) is 4.50. The van der Waals surface area contributed by atoms with Crippen LogP contribution in [0.3, 0.4) is 0 Å². The first kappa shape index (κ1) is 20.8. The first-order chi connectivity index (χ1) is 16.0. The lowest BCUT2D eigenvalue weighted by molar-refractivity contribution is -0.137. The van der Waals surface area contributed by atoms with E-state index in [9.17, 15) is 14.4 Å². The number of hydrogen-bond donors (Lipinski definition) is 1. The van der Waals surface area contributed by atoms with Gasteiger partial charge in [-0.05, 0) is 43.2 Å². The molecule has 1 aliphatic heterocycles. The fraction of sp³-hybridized carbons (Fsp3) is 0.231. The summed E-state index contributed by atoms with van der Waals surface area (Å²) >= 11 is 0. The molecule has 0 unspecified atom stereocenters. The molecule has 33 heavy (non-hydrogen) atoms. The first-order valence-electron chi connectivity index (χ1n) is 10.7. The Hall–Kier alpha value is -4.05. The van der Waals surface area contributed by atoms with Crippen LogP contribution in [0.25, 0.3) is 0 Å². The van der Waals surface area contributed by atoms with E-state index >= 15 is 0 Å². The van der Waals surface area contributed by atoms with Gasteiger partial charge in [0.15, 0.2) is 0 Å². The fourth-order valence-electron chi connectivity index (χ4n) is 4.50. The van der Waals surface area contributed by atoms with E-state index in [1.807, 2.05) is 6.07 Å². The van der Waals surface area contributed by atoms with E-state index in [4.69, 9.17) is 19.3 Å². The Morgan fingerprint density at radius 2 is 2.03 bits per heavy atom. The summed E-state index contributed by atoms with van der Waals surface area (Å²) in [5, 5.41) is 18.4. The summed E-state index contributed by atoms with van der Waals surface area (Å²) in [5.41, 5.74) is 2.43. The number of nitriles is 1. The van der Waals surface area contributed by atoms with E-state index in [0.717, 1.165) is 11.1 Å². The number of para-hydroxylation sites is 1. The largest absolute Gasteiger partial charge is 0.492 e. The molecule has 1 aliphatic carbocycles. The molecule has 2 aliphatic rings. The molecule has 0 amide bonds. The van der Waals surface area contributed by atoms with Crippen molar-refractivity contribution in [2.24, 2.45) is 0 Å². The van der Waals surface area contributed by atoms with Crippen molar-refractivity contribution in [3.63, 3.8) is 0 Å². The van der Waals surface area contributed by atoms with E-state index in [0.29, 0.717) is 53.6 Å². The smallest absolute Gasteiger partial charge is 0.304 e. The van der Waals surface area contributed by atoms with E-state index in [-0.39, 0.29) is 18.2 Å². The minimum Gasteiger partial charge on any atom is -0.492 e. The molecule has 1 N–H and O–H groups in total. The number of hydrogen-bond acceptors (Lipinski definition) is 5. The number of halogens is 1. The van der Waals surface area contributed by atoms with Gasteiger partial charge in [-0.25, -0.2) is 4.39 Å². The van der Waals surface area contributed by atoms with Crippen LogP contribution in [-0.4, -0.2) is 17.7 Å². The zero-order chi connectivity index (χ0) is 22.9. The van der Waals surface area contributed by atoms with Gasteiger partial charge in [0.25, 0.3) is 0 Å². The van der Waals surface area contributed by atoms with Crippen molar-refractivity contribution in [1.82, 2.24) is 0 Å². The molecule has 2 atom stereocenters. The molecule has 0 saturated heterocycles. The van der Waals surface area contributed by atoms with Crippen LogP contribution in [0.4, 0.5) is 4.39 Å². The third-order valence-electron chi connectivity index (χ3n) is 6.03. The Kier molecular flexibility index (Phi) is 5.35. The number of carbonyl (C=O) groups is 1. The van der Waals surface area contributed by atoms with Crippen LogP contribution in [0.2, 0.25) is 0 Å². The van der Waals surface area contributed by atoms with Gasteiger partial charge in [-0.2, -0.15) is 5.26 Å². The third-order valence-corrected chi connectivity index (χ3v) is 6.03. The Bertz CT molecular complexity index is 1280. The van der Waals surface area contributed by atoms with Crippen molar-refractivity contribution in [2.75, 3.05) is 6.61 Å². The van der Waals surface area contributed by atoms with Crippen LogP contribution in [0, 0.1) is 17.1 Å². The molecule has 1 heterocycles. The summed E-state index contributed by atoms with van der Waals surface area (Å²) in [5.74, 6) is 0.634. The normalized spacial score (nSPS) is 18.1. The minimum absolute atomic E-state index is 0.00607. The van der Waals surface area contributed by atoms with Gasteiger partial charge in [0.1, 0.15) is 41.0 Å². The Labute approximate surface area is 189 Å². The highest BCUT2D eigenvalue weighted by Crippen LogP contribution is 2.44. The Morgan fingerprint density at radius 3 is 2.85 bits per heavy atom. The molecule has 0 fully saturated rings. The number of aliphatic carboxylic acids is 1. The van der Waals surface area contributed by atoms with Crippen molar-refractivity contribution < 1.29 is 28.5 Å². The van der Waals surface area contributed by atoms with Gasteiger partial charge in [-0.15, -0.1) is 0 Å². The van der Waals surface area contributed by atoms with Crippen molar-refractivity contribution >= 4 is 5.97 Å². The maximum absolute atomic E-state index is 14.8. The molecular weight excluding hydrogens is 425 g/mol. The predicted molar refractivity (Wildman–Crippen MR) is 116 cm³/mol. The predicted octanol–water partition coefficient (Wildman–Crippen LogP) is 5.51. The van der Waals surface area contributed by atoms with Crippen LogP contribution >= 0.6 is 0 Å². The summed E-state index contributed by atoms with van der Waals surface area (Å²) < 4.78 is 32.6. The standard InChI is InChI=1S/C26H20FNO5/c27-20-8-10-22(33-21-4-2-1-3-15(21)13-28)19-7-9-23(26(19)20)32-17-5-6-18-16(11-25(29)30)14-31-24(18)12-17/h1-6,8,10,12,16,23H,7,9,11,14H2,(H,29,30)/t16-,23-/m1/s1. The molecule has 3 aromatic rings. The Morgan fingerprint density at radius 1 is 1.18 bits per heavy atom. The number of rotatable bonds is 6. The number of carboxylic acids is 1. The molecule has 5 rings (SSSR count). The number of nitrogens with zero attached hydrogens (tertiary/aromatic N) is 1. The highest BCUT2D eigenvalue weighted by atomic mass is 19.1. The third kappa shape index (κ3) is 3.96. The molecule has 0 saturated carbocycles. The highest BCUT2D eigenvalue weighted by Gasteiger charge is 2.32. The van der Waals surface area contributed by atoms with Gasteiger partial charge < -0.3 is 19.3 Å². The quantitative estimate of drug-likeness (QED) is 0.538. The second-order valence-electron chi connectivity index (χ2n) is 8.10. The van der Waals surface area contributed by atoms with Crippen molar-refractivity contribution in [1.29, 1.82) is 5.26 Å². The summed E-state index contributed by atoms with van der Waals surface area (Å²) in [6.45, 7) is 0.316. The maximum atomic E-state index is 14.8. The molecule has 0 radical (unpaired) electrons. The minimum atomic E-state index is -0.870. The zero-order valence-electron chi connectivity index (χ0n) is 17.6. The topological polar surface area (TPSA) is 88.8 Å². The van der Waals surface area contributed by atoms with Gasteiger partial charge in [-0.3, -0.25) is 4.79 Å². The van der Waals surface area contributed by atoms with Gasteiger partial charge in [0.05, 0.1) is 18.6 Å². The summed E-state index contributed by atoms with van der Waals surface area (Å²) in [6, 6.07) is 17.3. The van der Waals surface area contributed by atoms with Crippen LogP contribution in [-0.2, 0) is 11.2 Å². The average Bonchev–Trinajstić information content (AvgIpc) is 3.40. The lowest BCUT2D eigenvalue weighted by Crippen LogP contribution is -2.07. The van der Waals surface area contributed by atoms with Crippen molar-refractivity contribution in [3.05, 3.63) is 82.7 Å². The SMILES string of the molecule is N#Cc1ccccc1Oc1ccc(F)c2c1CC[C@H]2Oc1ccc2c(c1)OC[C@H]2CC(=O)O. The van der Waals surface area contributed by atoms with E-state index in [2.05, 4.69) is 6.07 Å². The lowest BCUT2D eigenvalue weighted by atomic mass is 9.98. The molecule has 0 spiro atoms.